The molecule has 0 bridgehead atoms. The van der Waals surface area contributed by atoms with Gasteiger partial charge < -0.3 is 4.74 Å². The Bertz CT molecular complexity index is 806. The van der Waals surface area contributed by atoms with Crippen molar-refractivity contribution in [1.29, 1.82) is 0 Å². The maximum Gasteiger partial charge on any atom is 0.165 e. The zero-order chi connectivity index (χ0) is 24.7. The fourth-order valence-corrected chi connectivity index (χ4v) is 4.98. The highest BCUT2D eigenvalue weighted by atomic mass is 19.2. The smallest absolute Gasteiger partial charge is 0.165 e. The van der Waals surface area contributed by atoms with Gasteiger partial charge in [0.2, 0.25) is 0 Å². The molecule has 2 atom stereocenters. The molecule has 0 unspecified atom stereocenters. The standard InChI is InChI=1S/C30H44F2N2O/c1-2-3-7-16-28(31)29(32)23-35-27-19-17-26(18-20-27)30-33-21-25(22-34-30)15-9-6-4-5-8-12-24-13-10-11-14-24/h17-22,24,28-29H,2-16,23H2,1H3/t28-,29-/m0/s1. The quantitative estimate of drug-likeness (QED) is 0.209. The summed E-state index contributed by atoms with van der Waals surface area (Å²) in [5.74, 6) is 2.21. The van der Waals surface area contributed by atoms with Crippen LogP contribution in [0.3, 0.4) is 0 Å². The van der Waals surface area contributed by atoms with Crippen LogP contribution in [0.25, 0.3) is 11.4 Å². The summed E-state index contributed by atoms with van der Waals surface area (Å²) in [5.41, 5.74) is 2.05. The molecule has 1 aliphatic carbocycles. The van der Waals surface area contributed by atoms with E-state index in [0.29, 0.717) is 18.0 Å². The molecule has 1 aliphatic rings. The molecule has 2 aromatic rings. The van der Waals surface area contributed by atoms with E-state index in [1.165, 1.54) is 69.8 Å². The van der Waals surface area contributed by atoms with Crippen LogP contribution < -0.4 is 4.74 Å². The SMILES string of the molecule is CCCCC[C@H](F)[C@@H](F)COc1ccc(-c2ncc(CCCCCCCC3CCCC3)cn2)cc1. The fraction of sp³-hybridized carbons (Fsp3) is 0.667. The Kier molecular flexibility index (Phi) is 12.5. The second kappa shape index (κ2) is 15.9. The van der Waals surface area contributed by atoms with Gasteiger partial charge in [-0.2, -0.15) is 0 Å². The molecule has 0 saturated heterocycles. The molecule has 194 valence electrons. The lowest BCUT2D eigenvalue weighted by Gasteiger charge is -2.14. The van der Waals surface area contributed by atoms with Crippen molar-refractivity contribution in [3.05, 3.63) is 42.2 Å². The normalized spacial score (nSPS) is 15.9. The van der Waals surface area contributed by atoms with Crippen molar-refractivity contribution in [2.24, 2.45) is 5.92 Å². The Balaban J connectivity index is 1.32. The van der Waals surface area contributed by atoms with Gasteiger partial charge in [0, 0.05) is 18.0 Å². The molecule has 5 heteroatoms. The zero-order valence-corrected chi connectivity index (χ0v) is 21.6. The van der Waals surface area contributed by atoms with Crippen LogP contribution >= 0.6 is 0 Å². The van der Waals surface area contributed by atoms with Gasteiger partial charge in [-0.3, -0.25) is 0 Å². The number of hydrogen-bond acceptors (Lipinski definition) is 3. The van der Waals surface area contributed by atoms with E-state index in [1.54, 1.807) is 12.1 Å². The van der Waals surface area contributed by atoms with E-state index in [-0.39, 0.29) is 13.0 Å². The molecule has 1 aromatic heterocycles. The van der Waals surface area contributed by atoms with E-state index in [0.717, 1.165) is 30.7 Å². The van der Waals surface area contributed by atoms with Gasteiger partial charge in [-0.1, -0.05) is 84.0 Å². The Labute approximate surface area is 211 Å². The molecule has 3 nitrogen and oxygen atoms in total. The van der Waals surface area contributed by atoms with Crippen molar-refractivity contribution < 1.29 is 13.5 Å². The molecule has 1 saturated carbocycles. The third-order valence-corrected chi connectivity index (χ3v) is 7.26. The number of alkyl halides is 2. The van der Waals surface area contributed by atoms with Crippen LogP contribution in [0.15, 0.2) is 36.7 Å². The fourth-order valence-electron chi connectivity index (χ4n) is 4.98. The van der Waals surface area contributed by atoms with E-state index in [1.807, 2.05) is 31.5 Å². The van der Waals surface area contributed by atoms with Gasteiger partial charge in [0.25, 0.3) is 0 Å². The molecular formula is C30H44F2N2O. The minimum Gasteiger partial charge on any atom is -0.490 e. The number of aromatic nitrogens is 2. The average molecular weight is 487 g/mol. The van der Waals surface area contributed by atoms with E-state index in [9.17, 15) is 8.78 Å². The Morgan fingerprint density at radius 3 is 2.26 bits per heavy atom. The van der Waals surface area contributed by atoms with E-state index >= 15 is 0 Å². The topological polar surface area (TPSA) is 35.0 Å². The Hall–Kier alpha value is -2.04. The number of hydrogen-bond donors (Lipinski definition) is 0. The molecule has 1 fully saturated rings. The number of halogens is 2. The largest absolute Gasteiger partial charge is 0.490 e. The van der Waals surface area contributed by atoms with Crippen LogP contribution in [0.5, 0.6) is 5.75 Å². The predicted octanol–water partition coefficient (Wildman–Crippen LogP) is 8.85. The lowest BCUT2D eigenvalue weighted by atomic mass is 9.99. The molecule has 0 aliphatic heterocycles. The molecule has 0 amide bonds. The Morgan fingerprint density at radius 1 is 0.857 bits per heavy atom. The van der Waals surface area contributed by atoms with Gasteiger partial charge >= 0.3 is 0 Å². The van der Waals surface area contributed by atoms with Gasteiger partial charge in [0.05, 0.1) is 0 Å². The molecule has 1 aromatic carbocycles. The first-order valence-corrected chi connectivity index (χ1v) is 14.0. The first-order chi connectivity index (χ1) is 17.2. The number of aryl methyl sites for hydroxylation is 1. The van der Waals surface area contributed by atoms with Gasteiger partial charge in [0.15, 0.2) is 12.0 Å². The zero-order valence-electron chi connectivity index (χ0n) is 21.6. The minimum atomic E-state index is -1.60. The number of rotatable bonds is 17. The second-order valence-electron chi connectivity index (χ2n) is 10.2. The van der Waals surface area contributed by atoms with Crippen molar-refractivity contribution in [2.75, 3.05) is 6.61 Å². The molecule has 0 N–H and O–H groups in total. The molecule has 3 rings (SSSR count). The molecule has 0 spiro atoms. The summed E-state index contributed by atoms with van der Waals surface area (Å²) in [7, 11) is 0. The summed E-state index contributed by atoms with van der Waals surface area (Å²) in [6.07, 6.45) is 18.5. The summed E-state index contributed by atoms with van der Waals surface area (Å²) in [6, 6.07) is 7.24. The summed E-state index contributed by atoms with van der Waals surface area (Å²) in [4.78, 5) is 9.04. The van der Waals surface area contributed by atoms with Crippen LogP contribution in [0, 0.1) is 5.92 Å². The molecule has 35 heavy (non-hydrogen) atoms. The predicted molar refractivity (Wildman–Crippen MR) is 140 cm³/mol. The lowest BCUT2D eigenvalue weighted by Crippen LogP contribution is -2.24. The van der Waals surface area contributed by atoms with Crippen LogP contribution in [0.1, 0.15) is 102 Å². The van der Waals surface area contributed by atoms with Gasteiger partial charge in [-0.25, -0.2) is 18.7 Å². The highest BCUT2D eigenvalue weighted by Gasteiger charge is 2.20. The maximum atomic E-state index is 14.0. The van der Waals surface area contributed by atoms with Crippen molar-refractivity contribution in [3.63, 3.8) is 0 Å². The van der Waals surface area contributed by atoms with Gasteiger partial charge in [-0.15, -0.1) is 0 Å². The maximum absolute atomic E-state index is 14.0. The van der Waals surface area contributed by atoms with Crippen molar-refractivity contribution in [2.45, 2.75) is 116 Å². The van der Waals surface area contributed by atoms with Crippen LogP contribution in [-0.2, 0) is 6.42 Å². The average Bonchev–Trinajstić information content (AvgIpc) is 3.41. The third kappa shape index (κ3) is 10.2. The van der Waals surface area contributed by atoms with Crippen LogP contribution in [-0.4, -0.2) is 28.9 Å². The van der Waals surface area contributed by atoms with E-state index in [4.69, 9.17) is 4.74 Å². The Morgan fingerprint density at radius 2 is 1.54 bits per heavy atom. The van der Waals surface area contributed by atoms with Crippen molar-refractivity contribution >= 4 is 0 Å². The van der Waals surface area contributed by atoms with Crippen LogP contribution in [0.4, 0.5) is 8.78 Å². The van der Waals surface area contributed by atoms with Gasteiger partial charge in [-0.05, 0) is 55.0 Å². The number of benzene rings is 1. The summed E-state index contributed by atoms with van der Waals surface area (Å²) in [6.45, 7) is 1.78. The highest BCUT2D eigenvalue weighted by Crippen LogP contribution is 2.29. The number of ether oxygens (including phenoxy) is 1. The second-order valence-corrected chi connectivity index (χ2v) is 10.2. The van der Waals surface area contributed by atoms with Gasteiger partial charge in [0.1, 0.15) is 18.5 Å². The van der Waals surface area contributed by atoms with Crippen LogP contribution in [0.2, 0.25) is 0 Å². The number of unbranched alkanes of at least 4 members (excludes halogenated alkanes) is 6. The summed E-state index contributed by atoms with van der Waals surface area (Å²) in [5, 5.41) is 0. The summed E-state index contributed by atoms with van der Waals surface area (Å²) >= 11 is 0. The first-order valence-electron chi connectivity index (χ1n) is 14.0. The van der Waals surface area contributed by atoms with E-state index < -0.39 is 12.3 Å². The molecule has 0 radical (unpaired) electrons. The highest BCUT2D eigenvalue weighted by molar-refractivity contribution is 5.55. The minimum absolute atomic E-state index is 0.255. The third-order valence-electron chi connectivity index (χ3n) is 7.26. The molecule has 1 heterocycles. The first kappa shape index (κ1) is 27.5. The summed E-state index contributed by atoms with van der Waals surface area (Å²) < 4.78 is 33.3. The van der Waals surface area contributed by atoms with E-state index in [2.05, 4.69) is 9.97 Å². The van der Waals surface area contributed by atoms with Crippen molar-refractivity contribution in [3.8, 4) is 17.1 Å². The monoisotopic (exact) mass is 486 g/mol. The number of nitrogens with zero attached hydrogens (tertiary/aromatic N) is 2. The lowest BCUT2D eigenvalue weighted by molar-refractivity contribution is 0.102. The molecular weight excluding hydrogens is 442 g/mol. The van der Waals surface area contributed by atoms with Crippen molar-refractivity contribution in [1.82, 2.24) is 9.97 Å².